The molecule has 1 unspecified atom stereocenters. The third-order valence-electron chi connectivity index (χ3n) is 13.3. The first kappa shape index (κ1) is 48.0. The van der Waals surface area contributed by atoms with Crippen LogP contribution in [-0.4, -0.2) is 133 Å². The van der Waals surface area contributed by atoms with E-state index in [0.717, 1.165) is 5.56 Å². The Morgan fingerprint density at radius 2 is 1.73 bits per heavy atom. The molecule has 15 nitrogen and oxygen atoms in total. The molecule has 334 valence electrons. The van der Waals surface area contributed by atoms with Crippen molar-refractivity contribution in [2.45, 2.75) is 159 Å². The fourth-order valence-electron chi connectivity index (χ4n) is 9.70. The van der Waals surface area contributed by atoms with E-state index in [4.69, 9.17) is 23.7 Å². The summed E-state index contributed by atoms with van der Waals surface area (Å²) in [7, 11) is 5.22. The molecule has 60 heavy (non-hydrogen) atoms. The highest BCUT2D eigenvalue weighted by molar-refractivity contribution is 14.1. The lowest BCUT2D eigenvalue weighted by atomic mass is 9.74. The van der Waals surface area contributed by atoms with Crippen molar-refractivity contribution >= 4 is 57.3 Å². The number of Topliss-reactive ketones (excluding diaryl/α,β-unsaturated/α-hetero) is 2. The van der Waals surface area contributed by atoms with Crippen molar-refractivity contribution in [2.75, 3.05) is 21.2 Å². The number of ketones is 2. The number of pyridine rings is 2. The first-order valence-electron chi connectivity index (χ1n) is 21.2. The average Bonchev–Trinajstić information content (AvgIpc) is 3.48. The van der Waals surface area contributed by atoms with E-state index in [1.807, 2.05) is 68.4 Å². The van der Waals surface area contributed by atoms with Crippen LogP contribution >= 0.6 is 22.6 Å². The summed E-state index contributed by atoms with van der Waals surface area (Å²) in [5.41, 5.74) is 0.122. The predicted molar refractivity (Wildman–Crippen MR) is 231 cm³/mol. The van der Waals surface area contributed by atoms with Gasteiger partial charge in [-0.2, -0.15) is 0 Å². The second kappa shape index (κ2) is 19.2. The quantitative estimate of drug-likeness (QED) is 0.124. The smallest absolute Gasteiger partial charge is 0.411 e. The molecule has 16 heteroatoms. The van der Waals surface area contributed by atoms with Crippen LogP contribution in [0.15, 0.2) is 18.5 Å². The van der Waals surface area contributed by atoms with E-state index in [0.29, 0.717) is 48.7 Å². The molecule has 0 saturated carbocycles. The van der Waals surface area contributed by atoms with Crippen molar-refractivity contribution in [3.63, 3.8) is 0 Å². The summed E-state index contributed by atoms with van der Waals surface area (Å²) in [6, 6.07) is 0.357. The van der Waals surface area contributed by atoms with Gasteiger partial charge in [-0.05, 0) is 121 Å². The third-order valence-corrected chi connectivity index (χ3v) is 14.7. The summed E-state index contributed by atoms with van der Waals surface area (Å²) in [6.07, 6.45) is 1.69. The van der Waals surface area contributed by atoms with Crippen LogP contribution in [0.5, 0.6) is 5.75 Å². The van der Waals surface area contributed by atoms with E-state index in [9.17, 15) is 29.4 Å². The maximum absolute atomic E-state index is 14.9. The van der Waals surface area contributed by atoms with Gasteiger partial charge in [-0.25, -0.2) is 4.79 Å². The second-order valence-corrected chi connectivity index (χ2v) is 19.1. The lowest BCUT2D eigenvalue weighted by molar-refractivity contribution is -0.295. The largest absolute Gasteiger partial charge is 0.506 e. The predicted octanol–water partition coefficient (Wildman–Crippen LogP) is 5.93. The minimum atomic E-state index is -1.49. The number of nitrogens with zero attached hydrogens (tertiary/aromatic N) is 4. The van der Waals surface area contributed by atoms with Gasteiger partial charge in [0.15, 0.2) is 21.8 Å². The molecule has 0 aliphatic carbocycles. The van der Waals surface area contributed by atoms with Crippen molar-refractivity contribution < 1.29 is 53.1 Å². The number of amides is 1. The summed E-state index contributed by atoms with van der Waals surface area (Å²) in [6.45, 7) is 15.9. The molecule has 0 bridgehead atoms. The molecule has 0 spiro atoms. The van der Waals surface area contributed by atoms with Crippen molar-refractivity contribution in [3.05, 3.63) is 29.6 Å². The van der Waals surface area contributed by atoms with Crippen LogP contribution in [0, 0.1) is 30.6 Å². The summed E-state index contributed by atoms with van der Waals surface area (Å²) >= 11 is 1.93. The highest BCUT2D eigenvalue weighted by Crippen LogP contribution is 2.45. The molecule has 2 aromatic rings. The highest BCUT2D eigenvalue weighted by atomic mass is 127. The van der Waals surface area contributed by atoms with Crippen molar-refractivity contribution in [1.82, 2.24) is 19.8 Å². The number of carbonyl (C=O) groups excluding carboxylic acids is 4. The van der Waals surface area contributed by atoms with Gasteiger partial charge in [-0.15, -0.1) is 0 Å². The number of methoxy groups -OCH3 is 1. The number of rotatable bonds is 10. The lowest BCUT2D eigenvalue weighted by Crippen LogP contribution is -2.60. The normalized spacial score (nSPS) is 36.5. The molecule has 2 N–H and O–H groups in total. The van der Waals surface area contributed by atoms with Gasteiger partial charge in [0.25, 0.3) is 0 Å². The molecule has 5 rings (SSSR count). The van der Waals surface area contributed by atoms with Gasteiger partial charge < -0.3 is 38.8 Å². The van der Waals surface area contributed by atoms with Gasteiger partial charge in [-0.3, -0.25) is 29.3 Å². The maximum Gasteiger partial charge on any atom is 0.411 e. The monoisotopic (exact) mass is 952 g/mol. The second-order valence-electron chi connectivity index (χ2n) is 18.0. The number of hydrogen-bond acceptors (Lipinski definition) is 14. The summed E-state index contributed by atoms with van der Waals surface area (Å²) in [5, 5.41) is 22.3. The lowest BCUT2D eigenvalue weighted by Gasteiger charge is -2.47. The van der Waals surface area contributed by atoms with E-state index < -0.39 is 87.4 Å². The minimum Gasteiger partial charge on any atom is -0.506 e. The molecule has 3 aliphatic heterocycles. The van der Waals surface area contributed by atoms with Gasteiger partial charge >= 0.3 is 12.1 Å². The Bertz CT molecular complexity index is 1900. The van der Waals surface area contributed by atoms with E-state index in [1.54, 1.807) is 45.7 Å². The molecule has 3 saturated heterocycles. The van der Waals surface area contributed by atoms with Gasteiger partial charge in [0.05, 0.1) is 41.1 Å². The van der Waals surface area contributed by atoms with Crippen LogP contribution in [0.1, 0.15) is 98.6 Å². The molecule has 3 aliphatic rings. The number of aromatic nitrogens is 2. The van der Waals surface area contributed by atoms with Crippen molar-refractivity contribution in [1.29, 1.82) is 0 Å². The van der Waals surface area contributed by atoms with Crippen LogP contribution in [-0.2, 0) is 44.5 Å². The van der Waals surface area contributed by atoms with Crippen molar-refractivity contribution in [3.8, 4) is 5.75 Å². The zero-order chi connectivity index (χ0) is 44.6. The molecular formula is C44H65IN4O11. The molecular weight excluding hydrogens is 887 g/mol. The van der Waals surface area contributed by atoms with Gasteiger partial charge in [0.1, 0.15) is 23.6 Å². The fourth-order valence-corrected chi connectivity index (χ4v) is 10.4. The fraction of sp³-hybridized carbons (Fsp3) is 0.727. The average molecular weight is 953 g/mol. The zero-order valence-corrected chi connectivity index (χ0v) is 39.3. The SMILES string of the molecule is CCC(CCCc1c(O)cnc2cc(C)cnc12)N1C(=O)O[C@]2(C)[C@@H](I)OC(=O)[C@H](C)C(=O)[C@H](C)[C@@H](O[C@@H]3O[C@H](C)C[C@H](N(C)C)[C@H]3O)[C@](C)(OC)C[C@@H](C)C(=O)[C@H](C)[C@@H]12. The highest BCUT2D eigenvalue weighted by Gasteiger charge is 2.61. The molecule has 1 amide bonds. The molecule has 0 radical (unpaired) electrons. The molecule has 3 fully saturated rings. The minimum absolute atomic E-state index is 0.0430. The number of cyclic esters (lactones) is 1. The van der Waals surface area contributed by atoms with E-state index in [2.05, 4.69) is 9.97 Å². The first-order valence-corrected chi connectivity index (χ1v) is 22.4. The summed E-state index contributed by atoms with van der Waals surface area (Å²) in [4.78, 5) is 69.7. The number of aryl methyl sites for hydroxylation is 2. The molecule has 5 heterocycles. The number of esters is 1. The molecule has 14 atom stereocenters. The van der Waals surface area contributed by atoms with Gasteiger partial charge in [-0.1, -0.05) is 27.7 Å². The zero-order valence-electron chi connectivity index (χ0n) is 37.1. The Hall–Kier alpha value is -3.03. The summed E-state index contributed by atoms with van der Waals surface area (Å²) < 4.78 is 30.1. The number of alkyl halides is 1. The standard InChI is InChI=1S/C44H65IN4O11/c1-13-28(15-14-16-29-32(50)21-46-30-17-22(2)20-47-33(29)30)49-37-25(5)34(51)23(3)19-43(8,56-12)38(58-40-36(53)31(48(10)11)18-24(4)57-40)26(6)35(52)27(7)39(54)59-41(45)44(37,9)60-42(49)55/h17,20-21,23-28,31,36-38,40-41,50,53H,13-16,18-19H2,1-12H3/t23-,24-,25+,26+,27-,28?,31+,36-,37-,38-,40+,41+,43-,44+/m1/s1. The van der Waals surface area contributed by atoms with Crippen molar-refractivity contribution in [2.24, 2.45) is 23.7 Å². The van der Waals surface area contributed by atoms with Crippen LogP contribution < -0.4 is 0 Å². The maximum atomic E-state index is 14.9. The van der Waals surface area contributed by atoms with E-state index in [1.165, 1.54) is 20.2 Å². The number of ether oxygens (including phenoxy) is 5. The third kappa shape index (κ3) is 9.48. The Morgan fingerprint density at radius 3 is 2.37 bits per heavy atom. The number of hydrogen-bond donors (Lipinski definition) is 2. The Morgan fingerprint density at radius 1 is 1.05 bits per heavy atom. The van der Waals surface area contributed by atoms with Crippen LogP contribution in [0.4, 0.5) is 4.79 Å². The Balaban J connectivity index is 1.49. The number of carbonyl (C=O) groups is 4. The van der Waals surface area contributed by atoms with Crippen LogP contribution in [0.2, 0.25) is 0 Å². The number of aliphatic hydroxyl groups is 1. The van der Waals surface area contributed by atoms with Gasteiger partial charge in [0.2, 0.25) is 0 Å². The van der Waals surface area contributed by atoms with Crippen LogP contribution in [0.25, 0.3) is 11.0 Å². The Kier molecular flexibility index (Phi) is 15.3. The summed E-state index contributed by atoms with van der Waals surface area (Å²) in [5.74, 6) is -5.17. The van der Waals surface area contributed by atoms with Crippen LogP contribution in [0.3, 0.4) is 0 Å². The molecule has 0 aromatic carbocycles. The molecule has 2 aromatic heterocycles. The number of fused-ring (bicyclic) bond motifs is 2. The van der Waals surface area contributed by atoms with Gasteiger partial charge in [0, 0.05) is 48.7 Å². The van der Waals surface area contributed by atoms with E-state index in [-0.39, 0.29) is 30.1 Å². The number of aromatic hydroxyl groups is 1. The Labute approximate surface area is 367 Å². The topological polar surface area (TPSA) is 187 Å². The van der Waals surface area contributed by atoms with E-state index >= 15 is 0 Å². The number of halogens is 1. The number of aliphatic hydroxyl groups excluding tert-OH is 1. The first-order chi connectivity index (χ1) is 28.1. The number of likely N-dealkylation sites (N-methyl/N-ethyl adjacent to an activating group) is 1.